The monoisotopic (exact) mass is 918 g/mol. The number of aliphatic hydroxyl groups excluding tert-OH is 2. The van der Waals surface area contributed by atoms with E-state index >= 15 is 0 Å². The Hall–Kier alpha value is -1.40. The van der Waals surface area contributed by atoms with Crippen molar-refractivity contribution in [3.05, 3.63) is 12.2 Å². The number of unbranched alkanes of at least 4 members (excludes halogenated alkanes) is 40. The van der Waals surface area contributed by atoms with Crippen LogP contribution in [0, 0.1) is 0 Å². The number of amides is 1. The molecule has 0 aliphatic rings. The molecule has 0 saturated carbocycles. The molecule has 0 aromatic heterocycles. The van der Waals surface area contributed by atoms with Gasteiger partial charge in [-0.2, -0.15) is 0 Å². The second-order valence-electron chi connectivity index (χ2n) is 20.4. The molecule has 0 heterocycles. The average molecular weight is 919 g/mol. The number of nitrogens with one attached hydrogen (secondary N) is 1. The van der Waals surface area contributed by atoms with E-state index in [1.165, 1.54) is 238 Å². The predicted molar refractivity (Wildman–Crippen MR) is 283 cm³/mol. The summed E-state index contributed by atoms with van der Waals surface area (Å²) in [7, 11) is 0. The number of ether oxygens (including phenoxy) is 1. The molecular formula is C59H115NO5. The molecule has 0 aliphatic carbocycles. The number of hydrogen-bond acceptors (Lipinski definition) is 5. The van der Waals surface area contributed by atoms with Gasteiger partial charge < -0.3 is 20.3 Å². The van der Waals surface area contributed by atoms with Gasteiger partial charge in [-0.3, -0.25) is 9.59 Å². The summed E-state index contributed by atoms with van der Waals surface area (Å²) in [6.45, 7) is 6.52. The number of esters is 1. The van der Waals surface area contributed by atoms with Crippen LogP contribution < -0.4 is 5.32 Å². The molecule has 0 fully saturated rings. The van der Waals surface area contributed by atoms with Gasteiger partial charge in [0.05, 0.1) is 25.2 Å². The van der Waals surface area contributed by atoms with Crippen molar-refractivity contribution in [1.29, 1.82) is 0 Å². The van der Waals surface area contributed by atoms with Crippen LogP contribution in [0.25, 0.3) is 0 Å². The van der Waals surface area contributed by atoms with E-state index in [-0.39, 0.29) is 24.9 Å². The Morgan fingerprint density at radius 1 is 0.431 bits per heavy atom. The lowest BCUT2D eigenvalue weighted by atomic mass is 10.0. The summed E-state index contributed by atoms with van der Waals surface area (Å²) < 4.78 is 5.97. The van der Waals surface area contributed by atoms with Crippen LogP contribution in [0.4, 0.5) is 0 Å². The molecule has 0 radical (unpaired) electrons. The molecule has 0 saturated heterocycles. The third kappa shape index (κ3) is 48.9. The highest BCUT2D eigenvalue weighted by Crippen LogP contribution is 2.19. The third-order valence-electron chi connectivity index (χ3n) is 13.8. The number of aliphatic hydroxyl groups is 2. The van der Waals surface area contributed by atoms with Crippen LogP contribution >= 0.6 is 0 Å². The first-order valence-electron chi connectivity index (χ1n) is 29.4. The summed E-state index contributed by atoms with van der Waals surface area (Å²) in [6, 6.07) is -0.695. The Balaban J connectivity index is 4.47. The number of carbonyl (C=O) groups is 2. The van der Waals surface area contributed by atoms with Gasteiger partial charge in [0, 0.05) is 6.42 Å². The van der Waals surface area contributed by atoms with Crippen LogP contribution in [0.3, 0.4) is 0 Å². The molecule has 386 valence electrons. The quantitative estimate of drug-likeness (QED) is 0.0321. The van der Waals surface area contributed by atoms with Crippen molar-refractivity contribution in [2.45, 2.75) is 347 Å². The second-order valence-corrected chi connectivity index (χ2v) is 20.4. The maximum atomic E-state index is 13.3. The maximum Gasteiger partial charge on any atom is 0.306 e. The summed E-state index contributed by atoms with van der Waals surface area (Å²) in [6.07, 6.45) is 61.3. The second kappa shape index (κ2) is 53.6. The van der Waals surface area contributed by atoms with Crippen LogP contribution in [0.1, 0.15) is 329 Å². The lowest BCUT2D eigenvalue weighted by Gasteiger charge is -2.24. The molecular weight excluding hydrogens is 803 g/mol. The van der Waals surface area contributed by atoms with Gasteiger partial charge in [-0.1, -0.05) is 277 Å². The van der Waals surface area contributed by atoms with Crippen LogP contribution in [-0.4, -0.2) is 46.9 Å². The molecule has 3 N–H and O–H groups in total. The van der Waals surface area contributed by atoms with Crippen molar-refractivity contribution in [3.8, 4) is 0 Å². The van der Waals surface area contributed by atoms with E-state index < -0.39 is 18.2 Å². The highest BCUT2D eigenvalue weighted by Gasteiger charge is 2.24. The van der Waals surface area contributed by atoms with Crippen molar-refractivity contribution in [3.63, 3.8) is 0 Å². The maximum absolute atomic E-state index is 13.3. The van der Waals surface area contributed by atoms with Crippen molar-refractivity contribution >= 4 is 11.9 Å². The fourth-order valence-electron chi connectivity index (χ4n) is 9.37. The first kappa shape index (κ1) is 63.6. The first-order chi connectivity index (χ1) is 32.0. The highest BCUT2D eigenvalue weighted by atomic mass is 16.5. The smallest absolute Gasteiger partial charge is 0.306 e. The zero-order valence-corrected chi connectivity index (χ0v) is 44.2. The lowest BCUT2D eigenvalue weighted by molar-refractivity contribution is -0.151. The van der Waals surface area contributed by atoms with E-state index in [4.69, 9.17) is 4.74 Å². The minimum Gasteiger partial charge on any atom is -0.462 e. The molecule has 6 nitrogen and oxygen atoms in total. The van der Waals surface area contributed by atoms with E-state index in [0.29, 0.717) is 19.3 Å². The Kier molecular flexibility index (Phi) is 52.4. The van der Waals surface area contributed by atoms with Crippen molar-refractivity contribution in [2.75, 3.05) is 6.61 Å². The van der Waals surface area contributed by atoms with Gasteiger partial charge >= 0.3 is 5.97 Å². The molecule has 0 aromatic carbocycles. The van der Waals surface area contributed by atoms with Gasteiger partial charge in [0.2, 0.25) is 5.91 Å². The first-order valence-corrected chi connectivity index (χ1v) is 29.4. The predicted octanol–water partition coefficient (Wildman–Crippen LogP) is 18.1. The summed E-state index contributed by atoms with van der Waals surface area (Å²) in [5.74, 6) is -0.452. The number of rotatable bonds is 54. The van der Waals surface area contributed by atoms with Gasteiger partial charge in [0.15, 0.2) is 0 Å². The molecule has 0 spiro atoms. The van der Waals surface area contributed by atoms with Crippen LogP contribution in [0.15, 0.2) is 12.2 Å². The number of allylic oxidation sites excluding steroid dienone is 2. The normalized spacial score (nSPS) is 13.1. The standard InChI is InChI=1S/C59H115NO5/c1-4-7-10-13-16-19-22-25-27-28-29-30-31-34-37-40-43-46-49-52-59(64)65-55(50-47-44-41-38-35-33-26-23-20-17-14-11-8-5-2)53-58(63)60-56(54-61)57(62)51-48-45-42-39-36-32-24-21-18-15-12-9-6-3/h25,27,55-57,61-62H,4-24,26,28-54H2,1-3H3,(H,60,63)/b27-25+. The number of hydrogen-bond donors (Lipinski definition) is 3. The lowest BCUT2D eigenvalue weighted by Crippen LogP contribution is -2.46. The molecule has 0 rings (SSSR count). The van der Waals surface area contributed by atoms with E-state index in [2.05, 4.69) is 38.2 Å². The SMILES string of the molecule is CCCCCCCC/C=C/CCCCCCCCCCCC(=O)OC(CCCCCCCCCCCCCCCC)CC(=O)NC(CO)C(O)CCCCCCCCCCCCCCC. The minimum absolute atomic E-state index is 0.0849. The highest BCUT2D eigenvalue weighted by molar-refractivity contribution is 5.77. The van der Waals surface area contributed by atoms with Crippen molar-refractivity contribution < 1.29 is 24.5 Å². The molecule has 0 aromatic rings. The summed E-state index contributed by atoms with van der Waals surface area (Å²) in [4.78, 5) is 26.3. The van der Waals surface area contributed by atoms with Crippen LogP contribution in [0.2, 0.25) is 0 Å². The zero-order chi connectivity index (χ0) is 47.4. The van der Waals surface area contributed by atoms with E-state index in [1.54, 1.807) is 0 Å². The zero-order valence-electron chi connectivity index (χ0n) is 44.2. The topological polar surface area (TPSA) is 95.9 Å². The summed E-state index contributed by atoms with van der Waals surface area (Å²) in [5.41, 5.74) is 0. The van der Waals surface area contributed by atoms with Crippen molar-refractivity contribution in [1.82, 2.24) is 5.32 Å². The number of carbonyl (C=O) groups excluding carboxylic acids is 2. The van der Waals surface area contributed by atoms with E-state index in [9.17, 15) is 19.8 Å². The molecule has 3 atom stereocenters. The molecule has 65 heavy (non-hydrogen) atoms. The molecule has 6 heteroatoms. The molecule has 1 amide bonds. The van der Waals surface area contributed by atoms with Gasteiger partial charge in [-0.25, -0.2) is 0 Å². The fraction of sp³-hybridized carbons (Fsp3) is 0.932. The largest absolute Gasteiger partial charge is 0.462 e. The molecule has 3 unspecified atom stereocenters. The Morgan fingerprint density at radius 3 is 1.09 bits per heavy atom. The van der Waals surface area contributed by atoms with E-state index in [1.807, 2.05) is 0 Å². The molecule has 0 bridgehead atoms. The Morgan fingerprint density at radius 2 is 0.738 bits per heavy atom. The van der Waals surface area contributed by atoms with Crippen molar-refractivity contribution in [2.24, 2.45) is 0 Å². The summed E-state index contributed by atoms with van der Waals surface area (Å²) >= 11 is 0. The fourth-order valence-corrected chi connectivity index (χ4v) is 9.37. The summed E-state index contributed by atoms with van der Waals surface area (Å²) in [5, 5.41) is 23.9. The van der Waals surface area contributed by atoms with Gasteiger partial charge in [0.1, 0.15) is 6.10 Å². The van der Waals surface area contributed by atoms with Crippen LogP contribution in [-0.2, 0) is 14.3 Å². The minimum atomic E-state index is -0.782. The average Bonchev–Trinajstić information content (AvgIpc) is 3.30. The van der Waals surface area contributed by atoms with Gasteiger partial charge in [-0.15, -0.1) is 0 Å². The molecule has 0 aliphatic heterocycles. The Labute approximate surface area is 406 Å². The van der Waals surface area contributed by atoms with E-state index in [0.717, 1.165) is 44.9 Å². The Bertz CT molecular complexity index is 986. The van der Waals surface area contributed by atoms with Gasteiger partial charge in [0.25, 0.3) is 0 Å². The third-order valence-corrected chi connectivity index (χ3v) is 13.8. The van der Waals surface area contributed by atoms with Gasteiger partial charge in [-0.05, 0) is 51.4 Å². The van der Waals surface area contributed by atoms with Crippen LogP contribution in [0.5, 0.6) is 0 Å².